The first kappa shape index (κ1) is 16.9. The standard InChI is InChI=1S/C16H34N2O/c1-13(2)9-16(12-17,10-14(3)4)18(5)11-15-7-6-8-19-15/h13-15H,6-12,17H2,1-5H3. The molecule has 0 aromatic rings. The van der Waals surface area contributed by atoms with E-state index in [1.165, 1.54) is 25.7 Å². The van der Waals surface area contributed by atoms with Crippen molar-refractivity contribution in [1.29, 1.82) is 0 Å². The van der Waals surface area contributed by atoms with E-state index in [1.54, 1.807) is 0 Å². The molecular weight excluding hydrogens is 236 g/mol. The number of likely N-dealkylation sites (N-methyl/N-ethyl adjacent to an activating group) is 1. The summed E-state index contributed by atoms with van der Waals surface area (Å²) in [6.07, 6.45) is 5.17. The van der Waals surface area contributed by atoms with E-state index in [9.17, 15) is 0 Å². The molecule has 0 saturated carbocycles. The zero-order valence-corrected chi connectivity index (χ0v) is 13.6. The van der Waals surface area contributed by atoms with Crippen LogP contribution in [0.3, 0.4) is 0 Å². The number of nitrogens with zero attached hydrogens (tertiary/aromatic N) is 1. The highest BCUT2D eigenvalue weighted by Gasteiger charge is 2.36. The van der Waals surface area contributed by atoms with Gasteiger partial charge in [0.05, 0.1) is 6.10 Å². The highest BCUT2D eigenvalue weighted by Crippen LogP contribution is 2.30. The fourth-order valence-electron chi connectivity index (χ4n) is 3.52. The fraction of sp³-hybridized carbons (Fsp3) is 1.00. The third-order valence-corrected chi connectivity index (χ3v) is 4.27. The van der Waals surface area contributed by atoms with Crippen LogP contribution in [0.5, 0.6) is 0 Å². The molecule has 0 aliphatic carbocycles. The van der Waals surface area contributed by atoms with Gasteiger partial charge in [0.1, 0.15) is 0 Å². The second-order valence-corrected chi connectivity index (χ2v) is 7.14. The Bertz CT molecular complexity index is 237. The van der Waals surface area contributed by atoms with E-state index >= 15 is 0 Å². The summed E-state index contributed by atoms with van der Waals surface area (Å²) in [6, 6.07) is 0. The molecule has 1 unspecified atom stereocenters. The molecule has 1 fully saturated rings. The van der Waals surface area contributed by atoms with E-state index < -0.39 is 0 Å². The van der Waals surface area contributed by atoms with Crippen molar-refractivity contribution < 1.29 is 4.74 Å². The lowest BCUT2D eigenvalue weighted by molar-refractivity contribution is 0.0184. The highest BCUT2D eigenvalue weighted by molar-refractivity contribution is 4.93. The van der Waals surface area contributed by atoms with E-state index in [0.29, 0.717) is 17.9 Å². The minimum absolute atomic E-state index is 0.133. The van der Waals surface area contributed by atoms with Gasteiger partial charge in [-0.05, 0) is 44.6 Å². The van der Waals surface area contributed by atoms with Gasteiger partial charge in [-0.15, -0.1) is 0 Å². The summed E-state index contributed by atoms with van der Waals surface area (Å²) in [6.45, 7) is 11.9. The van der Waals surface area contributed by atoms with Crippen molar-refractivity contribution in [2.45, 2.75) is 65.0 Å². The van der Waals surface area contributed by atoms with Crippen molar-refractivity contribution in [1.82, 2.24) is 4.90 Å². The molecule has 0 radical (unpaired) electrons. The lowest BCUT2D eigenvalue weighted by Crippen LogP contribution is -2.55. The van der Waals surface area contributed by atoms with Crippen molar-refractivity contribution in [2.75, 3.05) is 26.7 Å². The normalized spacial score (nSPS) is 21.0. The predicted molar refractivity (Wildman–Crippen MR) is 82.3 cm³/mol. The van der Waals surface area contributed by atoms with Crippen LogP contribution in [0.25, 0.3) is 0 Å². The third kappa shape index (κ3) is 5.05. The van der Waals surface area contributed by atoms with Gasteiger partial charge in [-0.3, -0.25) is 4.90 Å². The topological polar surface area (TPSA) is 38.5 Å². The molecule has 1 rings (SSSR count). The quantitative estimate of drug-likeness (QED) is 0.737. The van der Waals surface area contributed by atoms with Crippen molar-refractivity contribution in [2.24, 2.45) is 17.6 Å². The van der Waals surface area contributed by atoms with E-state index in [0.717, 1.165) is 19.7 Å². The van der Waals surface area contributed by atoms with Crippen LogP contribution in [0, 0.1) is 11.8 Å². The average molecular weight is 270 g/mol. The predicted octanol–water partition coefficient (Wildman–Crippen LogP) is 2.89. The number of hydrogen-bond donors (Lipinski definition) is 1. The van der Waals surface area contributed by atoms with Gasteiger partial charge in [-0.2, -0.15) is 0 Å². The second-order valence-electron chi connectivity index (χ2n) is 7.14. The monoisotopic (exact) mass is 270 g/mol. The minimum atomic E-state index is 0.133. The molecule has 0 aromatic heterocycles. The summed E-state index contributed by atoms with van der Waals surface area (Å²) in [5.41, 5.74) is 6.33. The van der Waals surface area contributed by atoms with Gasteiger partial charge in [0.25, 0.3) is 0 Å². The fourth-order valence-corrected chi connectivity index (χ4v) is 3.52. The number of ether oxygens (including phenoxy) is 1. The van der Waals surface area contributed by atoms with E-state index in [4.69, 9.17) is 10.5 Å². The lowest BCUT2D eigenvalue weighted by atomic mass is 9.80. The molecule has 2 N–H and O–H groups in total. The van der Waals surface area contributed by atoms with E-state index in [1.807, 2.05) is 0 Å². The Hall–Kier alpha value is -0.120. The molecule has 0 aromatic carbocycles. The molecule has 1 aliphatic heterocycles. The van der Waals surface area contributed by atoms with Gasteiger partial charge in [-0.1, -0.05) is 27.7 Å². The van der Waals surface area contributed by atoms with Crippen LogP contribution in [-0.2, 0) is 4.74 Å². The van der Waals surface area contributed by atoms with Crippen LogP contribution in [0.1, 0.15) is 53.4 Å². The molecule has 1 heterocycles. The van der Waals surface area contributed by atoms with Crippen LogP contribution < -0.4 is 5.73 Å². The number of nitrogens with two attached hydrogens (primary N) is 1. The molecule has 0 amide bonds. The SMILES string of the molecule is CC(C)CC(CN)(CC(C)C)N(C)CC1CCCO1. The molecule has 1 atom stereocenters. The molecule has 1 saturated heterocycles. The first-order chi connectivity index (χ1) is 8.89. The van der Waals surface area contributed by atoms with Gasteiger partial charge in [0.2, 0.25) is 0 Å². The number of rotatable bonds is 8. The average Bonchev–Trinajstić information content (AvgIpc) is 2.79. The molecule has 3 nitrogen and oxygen atoms in total. The summed E-state index contributed by atoms with van der Waals surface area (Å²) in [4.78, 5) is 2.49. The van der Waals surface area contributed by atoms with Crippen LogP contribution in [0.15, 0.2) is 0 Å². The van der Waals surface area contributed by atoms with Crippen LogP contribution in [0.2, 0.25) is 0 Å². The van der Waals surface area contributed by atoms with Gasteiger partial charge in [0.15, 0.2) is 0 Å². The molecule has 3 heteroatoms. The molecule has 0 spiro atoms. The number of hydrogen-bond acceptors (Lipinski definition) is 3. The molecule has 0 bridgehead atoms. The summed E-state index contributed by atoms with van der Waals surface area (Å²) < 4.78 is 5.79. The molecule has 19 heavy (non-hydrogen) atoms. The van der Waals surface area contributed by atoms with Crippen molar-refractivity contribution in [3.63, 3.8) is 0 Å². The van der Waals surface area contributed by atoms with Gasteiger partial charge >= 0.3 is 0 Å². The van der Waals surface area contributed by atoms with Crippen LogP contribution in [0.4, 0.5) is 0 Å². The van der Waals surface area contributed by atoms with Crippen molar-refractivity contribution >= 4 is 0 Å². The molecule has 114 valence electrons. The van der Waals surface area contributed by atoms with E-state index in [-0.39, 0.29) is 5.54 Å². The Kier molecular flexibility index (Phi) is 6.78. The maximum atomic E-state index is 6.20. The minimum Gasteiger partial charge on any atom is -0.377 e. The van der Waals surface area contributed by atoms with Gasteiger partial charge in [0, 0.05) is 25.2 Å². The first-order valence-electron chi connectivity index (χ1n) is 7.92. The second kappa shape index (κ2) is 7.61. The molecule has 1 aliphatic rings. The zero-order valence-electron chi connectivity index (χ0n) is 13.6. The maximum Gasteiger partial charge on any atom is 0.0702 e. The van der Waals surface area contributed by atoms with Crippen molar-refractivity contribution in [3.05, 3.63) is 0 Å². The van der Waals surface area contributed by atoms with Crippen molar-refractivity contribution in [3.8, 4) is 0 Å². The lowest BCUT2D eigenvalue weighted by Gasteiger charge is -2.44. The summed E-state index contributed by atoms with van der Waals surface area (Å²) in [5.74, 6) is 1.35. The Morgan fingerprint density at radius 3 is 2.16 bits per heavy atom. The van der Waals surface area contributed by atoms with Gasteiger partial charge < -0.3 is 10.5 Å². The summed E-state index contributed by atoms with van der Waals surface area (Å²) in [5, 5.41) is 0. The first-order valence-corrected chi connectivity index (χ1v) is 7.92. The Balaban J connectivity index is 2.73. The highest BCUT2D eigenvalue weighted by atomic mass is 16.5. The summed E-state index contributed by atoms with van der Waals surface area (Å²) >= 11 is 0. The Labute approximate surface area is 119 Å². The molecular formula is C16H34N2O. The summed E-state index contributed by atoms with van der Waals surface area (Å²) in [7, 11) is 2.24. The van der Waals surface area contributed by atoms with Crippen LogP contribution >= 0.6 is 0 Å². The van der Waals surface area contributed by atoms with E-state index in [2.05, 4.69) is 39.6 Å². The zero-order chi connectivity index (χ0) is 14.5. The Morgan fingerprint density at radius 2 is 1.79 bits per heavy atom. The largest absolute Gasteiger partial charge is 0.377 e. The Morgan fingerprint density at radius 1 is 1.21 bits per heavy atom. The third-order valence-electron chi connectivity index (χ3n) is 4.27. The van der Waals surface area contributed by atoms with Crippen LogP contribution in [-0.4, -0.2) is 43.3 Å². The maximum absolute atomic E-state index is 6.20. The smallest absolute Gasteiger partial charge is 0.0702 e. The van der Waals surface area contributed by atoms with Gasteiger partial charge in [-0.25, -0.2) is 0 Å².